The van der Waals surface area contributed by atoms with Crippen LogP contribution in [0.4, 0.5) is 5.69 Å². The van der Waals surface area contributed by atoms with E-state index in [1.165, 1.54) is 12.1 Å². The van der Waals surface area contributed by atoms with Crippen molar-refractivity contribution in [3.63, 3.8) is 0 Å². The van der Waals surface area contributed by atoms with Gasteiger partial charge in [-0.05, 0) is 36.4 Å². The van der Waals surface area contributed by atoms with Gasteiger partial charge >= 0.3 is 0 Å². The third-order valence-electron chi connectivity index (χ3n) is 3.65. The second-order valence-corrected chi connectivity index (χ2v) is 5.29. The highest BCUT2D eigenvalue weighted by Gasteiger charge is 2.34. The standard InChI is InChI=1S/C16H16N2O4/c19-13-5-3-12(4-6-13)17-16(21)11-8-15(20)18(9-11)10-14-2-1-7-22-14/h1-7,11,19H,8-10H2,(H,17,21). The summed E-state index contributed by atoms with van der Waals surface area (Å²) in [5.41, 5.74) is 0.597. The lowest BCUT2D eigenvalue weighted by Gasteiger charge is -2.15. The van der Waals surface area contributed by atoms with Crippen molar-refractivity contribution < 1.29 is 19.1 Å². The van der Waals surface area contributed by atoms with Gasteiger partial charge in [0.15, 0.2) is 0 Å². The second-order valence-electron chi connectivity index (χ2n) is 5.29. The molecule has 1 fully saturated rings. The van der Waals surface area contributed by atoms with Crippen molar-refractivity contribution in [1.82, 2.24) is 4.90 Å². The van der Waals surface area contributed by atoms with Crippen LogP contribution < -0.4 is 5.32 Å². The summed E-state index contributed by atoms with van der Waals surface area (Å²) in [5, 5.41) is 12.0. The lowest BCUT2D eigenvalue weighted by molar-refractivity contribution is -0.128. The van der Waals surface area contributed by atoms with Gasteiger partial charge in [0, 0.05) is 18.7 Å². The van der Waals surface area contributed by atoms with E-state index in [0.29, 0.717) is 24.5 Å². The van der Waals surface area contributed by atoms with Crippen molar-refractivity contribution in [3.8, 4) is 5.75 Å². The van der Waals surface area contributed by atoms with E-state index in [1.807, 2.05) is 0 Å². The van der Waals surface area contributed by atoms with Crippen LogP contribution in [0.15, 0.2) is 47.1 Å². The van der Waals surface area contributed by atoms with Crippen molar-refractivity contribution in [3.05, 3.63) is 48.4 Å². The quantitative estimate of drug-likeness (QED) is 0.846. The number of nitrogens with one attached hydrogen (secondary N) is 1. The summed E-state index contributed by atoms with van der Waals surface area (Å²) >= 11 is 0. The Hall–Kier alpha value is -2.76. The molecule has 6 nitrogen and oxygen atoms in total. The van der Waals surface area contributed by atoms with Crippen LogP contribution in [0.3, 0.4) is 0 Å². The van der Waals surface area contributed by atoms with Gasteiger partial charge in [-0.25, -0.2) is 0 Å². The van der Waals surface area contributed by atoms with E-state index in [4.69, 9.17) is 4.42 Å². The Morgan fingerprint density at radius 3 is 2.77 bits per heavy atom. The Bertz CT molecular complexity index is 664. The number of phenols is 1. The van der Waals surface area contributed by atoms with E-state index in [2.05, 4.69) is 5.32 Å². The Balaban J connectivity index is 1.60. The van der Waals surface area contributed by atoms with Crippen molar-refractivity contribution >= 4 is 17.5 Å². The monoisotopic (exact) mass is 300 g/mol. The van der Waals surface area contributed by atoms with Gasteiger partial charge in [-0.15, -0.1) is 0 Å². The molecule has 0 bridgehead atoms. The molecule has 1 saturated heterocycles. The number of carbonyl (C=O) groups excluding carboxylic acids is 2. The number of anilines is 1. The first-order valence-corrected chi connectivity index (χ1v) is 7.02. The van der Waals surface area contributed by atoms with Crippen LogP contribution in [-0.4, -0.2) is 28.4 Å². The van der Waals surface area contributed by atoms with Crippen molar-refractivity contribution in [1.29, 1.82) is 0 Å². The molecular formula is C16H16N2O4. The Labute approximate surface area is 127 Å². The molecule has 1 aromatic carbocycles. The zero-order valence-corrected chi connectivity index (χ0v) is 11.9. The van der Waals surface area contributed by atoms with Gasteiger partial charge in [-0.3, -0.25) is 9.59 Å². The number of likely N-dealkylation sites (tertiary alicyclic amines) is 1. The summed E-state index contributed by atoms with van der Waals surface area (Å²) in [7, 11) is 0. The first-order valence-electron chi connectivity index (χ1n) is 7.02. The number of phenolic OH excluding ortho intramolecular Hbond substituents is 1. The fourth-order valence-corrected chi connectivity index (χ4v) is 2.48. The third kappa shape index (κ3) is 3.11. The molecule has 1 aliphatic rings. The maximum atomic E-state index is 12.2. The number of hydrogen-bond acceptors (Lipinski definition) is 4. The minimum absolute atomic E-state index is 0.0535. The van der Waals surface area contributed by atoms with Crippen molar-refractivity contribution in [2.24, 2.45) is 5.92 Å². The number of amides is 2. The SMILES string of the molecule is O=C(Nc1ccc(O)cc1)C1CC(=O)N(Cc2ccco2)C1. The van der Waals surface area contributed by atoms with E-state index in [9.17, 15) is 14.7 Å². The number of carbonyl (C=O) groups is 2. The van der Waals surface area contributed by atoms with E-state index in [-0.39, 0.29) is 29.9 Å². The van der Waals surface area contributed by atoms with E-state index >= 15 is 0 Å². The van der Waals surface area contributed by atoms with Crippen LogP contribution in [0.2, 0.25) is 0 Å². The Morgan fingerprint density at radius 1 is 1.32 bits per heavy atom. The van der Waals surface area contributed by atoms with Gasteiger partial charge in [0.2, 0.25) is 11.8 Å². The number of rotatable bonds is 4. The minimum Gasteiger partial charge on any atom is -0.508 e. The Kier molecular flexibility index (Phi) is 3.82. The maximum Gasteiger partial charge on any atom is 0.229 e. The van der Waals surface area contributed by atoms with Crippen LogP contribution in [0.1, 0.15) is 12.2 Å². The third-order valence-corrected chi connectivity index (χ3v) is 3.65. The van der Waals surface area contributed by atoms with Crippen LogP contribution in [0.5, 0.6) is 5.75 Å². The van der Waals surface area contributed by atoms with Crippen LogP contribution in [-0.2, 0) is 16.1 Å². The molecule has 114 valence electrons. The fraction of sp³-hybridized carbons (Fsp3) is 0.250. The molecule has 1 atom stereocenters. The zero-order chi connectivity index (χ0) is 15.5. The molecular weight excluding hydrogens is 284 g/mol. The molecule has 2 heterocycles. The lowest BCUT2D eigenvalue weighted by atomic mass is 10.1. The average Bonchev–Trinajstić information content (AvgIpc) is 3.13. The zero-order valence-electron chi connectivity index (χ0n) is 11.9. The largest absolute Gasteiger partial charge is 0.508 e. The number of aromatic hydroxyl groups is 1. The number of nitrogens with zero attached hydrogens (tertiary/aromatic N) is 1. The fourth-order valence-electron chi connectivity index (χ4n) is 2.48. The topological polar surface area (TPSA) is 82.8 Å². The highest BCUT2D eigenvalue weighted by molar-refractivity contribution is 5.97. The molecule has 2 amide bonds. The van der Waals surface area contributed by atoms with Crippen molar-refractivity contribution in [2.45, 2.75) is 13.0 Å². The molecule has 6 heteroatoms. The first-order chi connectivity index (χ1) is 10.6. The molecule has 2 N–H and O–H groups in total. The Morgan fingerprint density at radius 2 is 2.09 bits per heavy atom. The molecule has 0 aliphatic carbocycles. The van der Waals surface area contributed by atoms with Gasteiger partial charge < -0.3 is 19.7 Å². The number of benzene rings is 1. The summed E-state index contributed by atoms with van der Waals surface area (Å²) in [6.07, 6.45) is 1.76. The molecule has 1 unspecified atom stereocenters. The summed E-state index contributed by atoms with van der Waals surface area (Å²) in [6.45, 7) is 0.762. The summed E-state index contributed by atoms with van der Waals surface area (Å²) in [6, 6.07) is 9.80. The lowest BCUT2D eigenvalue weighted by Crippen LogP contribution is -2.27. The summed E-state index contributed by atoms with van der Waals surface area (Å²) in [5.74, 6) is 0.214. The van der Waals surface area contributed by atoms with Gasteiger partial charge in [0.1, 0.15) is 11.5 Å². The van der Waals surface area contributed by atoms with Crippen molar-refractivity contribution in [2.75, 3.05) is 11.9 Å². The highest BCUT2D eigenvalue weighted by atomic mass is 16.3. The number of furan rings is 1. The normalized spacial score (nSPS) is 17.7. The van der Waals surface area contributed by atoms with Gasteiger partial charge in [0.05, 0.1) is 18.7 Å². The van der Waals surface area contributed by atoms with E-state index in [0.717, 1.165) is 0 Å². The predicted octanol–water partition coefficient (Wildman–Crippen LogP) is 1.97. The van der Waals surface area contributed by atoms with Gasteiger partial charge in [-0.1, -0.05) is 0 Å². The van der Waals surface area contributed by atoms with Gasteiger partial charge in [-0.2, -0.15) is 0 Å². The molecule has 1 aliphatic heterocycles. The molecule has 3 rings (SSSR count). The summed E-state index contributed by atoms with van der Waals surface area (Å²) < 4.78 is 5.23. The molecule has 1 aromatic heterocycles. The van der Waals surface area contributed by atoms with Crippen LogP contribution in [0.25, 0.3) is 0 Å². The molecule has 2 aromatic rings. The molecule has 22 heavy (non-hydrogen) atoms. The van der Waals surface area contributed by atoms with Crippen LogP contribution in [0, 0.1) is 5.92 Å². The first kappa shape index (κ1) is 14.2. The smallest absolute Gasteiger partial charge is 0.229 e. The van der Waals surface area contributed by atoms with Gasteiger partial charge in [0.25, 0.3) is 0 Å². The predicted molar refractivity (Wildman–Crippen MR) is 79.0 cm³/mol. The molecule has 0 spiro atoms. The maximum absolute atomic E-state index is 12.2. The molecule has 0 saturated carbocycles. The second kappa shape index (κ2) is 5.93. The number of hydrogen-bond donors (Lipinski definition) is 2. The highest BCUT2D eigenvalue weighted by Crippen LogP contribution is 2.22. The van der Waals surface area contributed by atoms with E-state index in [1.54, 1.807) is 35.4 Å². The van der Waals surface area contributed by atoms with Crippen LogP contribution >= 0.6 is 0 Å². The molecule has 0 radical (unpaired) electrons. The summed E-state index contributed by atoms with van der Waals surface area (Å²) in [4.78, 5) is 25.8. The average molecular weight is 300 g/mol. The minimum atomic E-state index is -0.378. The van der Waals surface area contributed by atoms with E-state index < -0.39 is 0 Å².